The summed E-state index contributed by atoms with van der Waals surface area (Å²) in [5.74, 6) is -0.295. The van der Waals surface area contributed by atoms with Crippen LogP contribution in [0.3, 0.4) is 0 Å². The van der Waals surface area contributed by atoms with Gasteiger partial charge in [-0.25, -0.2) is 0 Å². The van der Waals surface area contributed by atoms with Crippen molar-refractivity contribution >= 4 is 17.3 Å². The van der Waals surface area contributed by atoms with Crippen molar-refractivity contribution in [2.24, 2.45) is 0 Å². The van der Waals surface area contributed by atoms with Crippen LogP contribution < -0.4 is 10.6 Å². The molecule has 0 aliphatic heterocycles. The van der Waals surface area contributed by atoms with E-state index in [1.54, 1.807) is 18.3 Å². The summed E-state index contributed by atoms with van der Waals surface area (Å²) in [6, 6.07) is 18.1. The molecule has 3 aromatic rings. The van der Waals surface area contributed by atoms with Crippen molar-refractivity contribution in [2.45, 2.75) is 38.3 Å². The number of aromatic nitrogens is 1. The summed E-state index contributed by atoms with van der Waals surface area (Å²) in [5, 5.41) is 17.8. The van der Waals surface area contributed by atoms with E-state index < -0.39 is 4.92 Å². The third kappa shape index (κ3) is 4.71. The van der Waals surface area contributed by atoms with Gasteiger partial charge in [-0.3, -0.25) is 19.9 Å². The van der Waals surface area contributed by atoms with E-state index in [0.717, 1.165) is 25.0 Å². The van der Waals surface area contributed by atoms with Crippen LogP contribution in [-0.4, -0.2) is 21.9 Å². The molecule has 1 aromatic heterocycles. The number of nitro groups is 1. The largest absolute Gasteiger partial charge is 0.371 e. The molecule has 0 fully saturated rings. The average molecular weight is 416 g/mol. The van der Waals surface area contributed by atoms with Crippen molar-refractivity contribution in [3.8, 4) is 0 Å². The van der Waals surface area contributed by atoms with Gasteiger partial charge in [0.2, 0.25) is 0 Å². The number of amides is 1. The lowest BCUT2D eigenvalue weighted by Gasteiger charge is -2.25. The van der Waals surface area contributed by atoms with Gasteiger partial charge >= 0.3 is 0 Å². The Morgan fingerprint density at radius 3 is 2.65 bits per heavy atom. The van der Waals surface area contributed by atoms with Crippen LogP contribution in [0, 0.1) is 10.1 Å². The molecule has 2 unspecified atom stereocenters. The summed E-state index contributed by atoms with van der Waals surface area (Å²) in [4.78, 5) is 28.3. The molecule has 1 heterocycles. The lowest BCUT2D eigenvalue weighted by molar-refractivity contribution is -0.384. The highest BCUT2D eigenvalue weighted by Gasteiger charge is 2.23. The molecule has 1 aliphatic carbocycles. The first-order valence-corrected chi connectivity index (χ1v) is 10.3. The first-order valence-electron chi connectivity index (χ1n) is 10.3. The van der Waals surface area contributed by atoms with Crippen molar-refractivity contribution in [3.05, 3.63) is 99.4 Å². The molecule has 7 heteroatoms. The molecular weight excluding hydrogens is 392 g/mol. The Labute approximate surface area is 180 Å². The molecule has 31 heavy (non-hydrogen) atoms. The number of hydrogen-bond donors (Lipinski definition) is 2. The van der Waals surface area contributed by atoms with Crippen molar-refractivity contribution < 1.29 is 9.72 Å². The van der Waals surface area contributed by atoms with Crippen LogP contribution in [0.1, 0.15) is 46.6 Å². The number of carbonyl (C=O) groups excluding carboxylic acids is 1. The summed E-state index contributed by atoms with van der Waals surface area (Å²) < 4.78 is 0. The predicted molar refractivity (Wildman–Crippen MR) is 119 cm³/mol. The zero-order valence-corrected chi connectivity index (χ0v) is 17.2. The highest BCUT2D eigenvalue weighted by atomic mass is 16.6. The van der Waals surface area contributed by atoms with E-state index in [0.29, 0.717) is 5.69 Å². The number of aryl methyl sites for hydroxylation is 1. The number of pyridine rings is 1. The number of nitrogens with one attached hydrogen (secondary N) is 2. The van der Waals surface area contributed by atoms with Crippen molar-refractivity contribution in [3.63, 3.8) is 0 Å². The van der Waals surface area contributed by atoms with E-state index >= 15 is 0 Å². The molecule has 1 amide bonds. The first kappa shape index (κ1) is 20.5. The number of fused-ring (bicyclic) bond motifs is 1. The van der Waals surface area contributed by atoms with Gasteiger partial charge in [-0.05, 0) is 61.6 Å². The minimum atomic E-state index is -0.471. The summed E-state index contributed by atoms with van der Waals surface area (Å²) in [6.07, 6.45) is 4.21. The Hall–Kier alpha value is -3.74. The summed E-state index contributed by atoms with van der Waals surface area (Å²) >= 11 is 0. The van der Waals surface area contributed by atoms with Gasteiger partial charge in [0.05, 0.1) is 16.7 Å². The summed E-state index contributed by atoms with van der Waals surface area (Å²) in [6.45, 7) is 1.88. The van der Waals surface area contributed by atoms with Crippen molar-refractivity contribution in [2.75, 3.05) is 5.32 Å². The van der Waals surface area contributed by atoms with Crippen LogP contribution in [0.2, 0.25) is 0 Å². The molecule has 7 nitrogen and oxygen atoms in total. The normalized spacial score (nSPS) is 16.1. The number of nitrogens with zero attached hydrogens (tertiary/aromatic N) is 2. The van der Waals surface area contributed by atoms with Crippen LogP contribution >= 0.6 is 0 Å². The SMILES string of the molecule is CC(Nc1ccc(C(=O)NC2CCc3ccccc3C2)cc1[N+](=O)[O-])c1ccccn1. The van der Waals surface area contributed by atoms with E-state index in [1.165, 1.54) is 17.2 Å². The van der Waals surface area contributed by atoms with E-state index in [2.05, 4.69) is 27.8 Å². The fourth-order valence-electron chi connectivity index (χ4n) is 3.97. The van der Waals surface area contributed by atoms with E-state index in [1.807, 2.05) is 37.3 Å². The van der Waals surface area contributed by atoms with E-state index in [4.69, 9.17) is 0 Å². The maximum atomic E-state index is 12.8. The van der Waals surface area contributed by atoms with Gasteiger partial charge in [-0.15, -0.1) is 0 Å². The summed E-state index contributed by atoms with van der Waals surface area (Å²) in [7, 11) is 0. The van der Waals surface area contributed by atoms with Gasteiger partial charge in [0.15, 0.2) is 0 Å². The molecule has 0 radical (unpaired) electrons. The Kier molecular flexibility index (Phi) is 5.93. The maximum absolute atomic E-state index is 12.8. The third-order valence-electron chi connectivity index (χ3n) is 5.64. The first-order chi connectivity index (χ1) is 15.0. The highest BCUT2D eigenvalue weighted by molar-refractivity contribution is 5.96. The van der Waals surface area contributed by atoms with Gasteiger partial charge in [0.1, 0.15) is 5.69 Å². The minimum Gasteiger partial charge on any atom is -0.371 e. The van der Waals surface area contributed by atoms with Crippen molar-refractivity contribution in [1.29, 1.82) is 0 Å². The predicted octanol–water partition coefficient (Wildman–Crippen LogP) is 4.45. The average Bonchev–Trinajstić information content (AvgIpc) is 2.79. The van der Waals surface area contributed by atoms with Crippen LogP contribution in [0.25, 0.3) is 0 Å². The molecule has 158 valence electrons. The molecular formula is C24H24N4O3. The molecule has 0 saturated carbocycles. The lowest BCUT2D eigenvalue weighted by Crippen LogP contribution is -2.38. The molecule has 2 atom stereocenters. The highest BCUT2D eigenvalue weighted by Crippen LogP contribution is 2.29. The molecule has 4 rings (SSSR count). The topological polar surface area (TPSA) is 97.2 Å². The lowest BCUT2D eigenvalue weighted by atomic mass is 9.88. The number of benzene rings is 2. The number of rotatable bonds is 6. The molecule has 2 N–H and O–H groups in total. The smallest absolute Gasteiger partial charge is 0.293 e. The molecule has 2 aromatic carbocycles. The van der Waals surface area contributed by atoms with Crippen LogP contribution in [0.4, 0.5) is 11.4 Å². The zero-order chi connectivity index (χ0) is 21.8. The third-order valence-corrected chi connectivity index (χ3v) is 5.64. The molecule has 0 bridgehead atoms. The van der Waals surface area contributed by atoms with E-state index in [9.17, 15) is 14.9 Å². The molecule has 0 saturated heterocycles. The van der Waals surface area contributed by atoms with Crippen LogP contribution in [0.5, 0.6) is 0 Å². The second-order valence-electron chi connectivity index (χ2n) is 7.79. The second kappa shape index (κ2) is 8.95. The van der Waals surface area contributed by atoms with E-state index in [-0.39, 0.29) is 29.2 Å². The summed E-state index contributed by atoms with van der Waals surface area (Å²) in [5.41, 5.74) is 3.84. The fraction of sp³-hybridized carbons (Fsp3) is 0.250. The zero-order valence-electron chi connectivity index (χ0n) is 17.2. The monoisotopic (exact) mass is 416 g/mol. The Bertz CT molecular complexity index is 1100. The quantitative estimate of drug-likeness (QED) is 0.457. The second-order valence-corrected chi connectivity index (χ2v) is 7.79. The number of carbonyl (C=O) groups is 1. The van der Waals surface area contributed by atoms with Crippen LogP contribution in [-0.2, 0) is 12.8 Å². The van der Waals surface area contributed by atoms with Crippen molar-refractivity contribution in [1.82, 2.24) is 10.3 Å². The Morgan fingerprint density at radius 1 is 1.13 bits per heavy atom. The minimum absolute atomic E-state index is 0.0171. The van der Waals surface area contributed by atoms with Gasteiger partial charge in [0.25, 0.3) is 11.6 Å². The number of hydrogen-bond acceptors (Lipinski definition) is 5. The molecule has 0 spiro atoms. The maximum Gasteiger partial charge on any atom is 0.293 e. The van der Waals surface area contributed by atoms with Gasteiger partial charge in [-0.2, -0.15) is 0 Å². The number of nitro benzene ring substituents is 1. The standard InChI is InChI=1S/C24H24N4O3/c1-16(21-8-4-5-13-25-21)26-22-12-10-19(15-23(22)28(30)31)24(29)27-20-11-9-17-6-2-3-7-18(17)14-20/h2-8,10,12-13,15-16,20,26H,9,11,14H2,1H3,(H,27,29). The molecule has 1 aliphatic rings. The number of anilines is 1. The van der Waals surface area contributed by atoms with Gasteiger partial charge in [0, 0.05) is 23.9 Å². The van der Waals surface area contributed by atoms with Crippen LogP contribution in [0.15, 0.2) is 66.9 Å². The van der Waals surface area contributed by atoms with Gasteiger partial charge < -0.3 is 10.6 Å². The Balaban J connectivity index is 1.48. The Morgan fingerprint density at radius 2 is 1.90 bits per heavy atom. The fourth-order valence-corrected chi connectivity index (χ4v) is 3.97. The van der Waals surface area contributed by atoms with Gasteiger partial charge in [-0.1, -0.05) is 30.3 Å².